The maximum atomic E-state index is 12.4. The third-order valence-electron chi connectivity index (χ3n) is 3.25. The molecule has 0 aromatic carbocycles. The molecule has 0 saturated carbocycles. The summed E-state index contributed by atoms with van der Waals surface area (Å²) in [5.74, 6) is -0.893. The standard InChI is InChI=1S/C15H30N4O3/c1-15(2,3)14(22)19(6)11(7-8-12(16)20)13(21)17-9-10-18(4)5/h11H,7-10H2,1-6H3,(H2,16,20)(H,17,21). The summed E-state index contributed by atoms with van der Waals surface area (Å²) in [5.41, 5.74) is 4.57. The fourth-order valence-corrected chi connectivity index (χ4v) is 1.97. The van der Waals surface area contributed by atoms with Crippen LogP contribution in [0.15, 0.2) is 0 Å². The SMILES string of the molecule is CN(C)CCNC(=O)C(CCC(N)=O)N(C)C(=O)C(C)(C)C. The average molecular weight is 314 g/mol. The highest BCUT2D eigenvalue weighted by atomic mass is 16.2. The summed E-state index contributed by atoms with van der Waals surface area (Å²) in [6, 6.07) is -0.693. The molecule has 22 heavy (non-hydrogen) atoms. The lowest BCUT2D eigenvalue weighted by Gasteiger charge is -2.32. The van der Waals surface area contributed by atoms with Crippen LogP contribution in [0.2, 0.25) is 0 Å². The highest BCUT2D eigenvalue weighted by molar-refractivity contribution is 5.90. The van der Waals surface area contributed by atoms with Gasteiger partial charge < -0.3 is 20.9 Å². The minimum Gasteiger partial charge on any atom is -0.370 e. The lowest BCUT2D eigenvalue weighted by atomic mass is 9.93. The van der Waals surface area contributed by atoms with Crippen LogP contribution in [-0.4, -0.2) is 67.8 Å². The van der Waals surface area contributed by atoms with Crippen molar-refractivity contribution in [3.63, 3.8) is 0 Å². The second-order valence-electron chi connectivity index (χ2n) is 6.78. The molecule has 0 heterocycles. The minimum absolute atomic E-state index is 0.0630. The van der Waals surface area contributed by atoms with E-state index in [4.69, 9.17) is 5.73 Å². The maximum Gasteiger partial charge on any atom is 0.242 e. The van der Waals surface area contributed by atoms with Crippen LogP contribution in [0.3, 0.4) is 0 Å². The summed E-state index contributed by atoms with van der Waals surface area (Å²) in [7, 11) is 5.41. The Morgan fingerprint density at radius 3 is 2.09 bits per heavy atom. The van der Waals surface area contributed by atoms with Gasteiger partial charge in [-0.25, -0.2) is 0 Å². The molecule has 0 radical (unpaired) electrons. The molecule has 0 rings (SSSR count). The third kappa shape index (κ3) is 7.40. The van der Waals surface area contributed by atoms with Crippen molar-refractivity contribution in [2.24, 2.45) is 11.1 Å². The molecule has 3 N–H and O–H groups in total. The Kier molecular flexibility index (Phi) is 8.08. The Balaban J connectivity index is 4.91. The van der Waals surface area contributed by atoms with E-state index in [1.54, 1.807) is 27.8 Å². The van der Waals surface area contributed by atoms with E-state index in [1.165, 1.54) is 4.90 Å². The van der Waals surface area contributed by atoms with Crippen molar-refractivity contribution in [1.82, 2.24) is 15.1 Å². The number of primary amides is 1. The molecular formula is C15H30N4O3. The Morgan fingerprint density at radius 2 is 1.68 bits per heavy atom. The van der Waals surface area contributed by atoms with Crippen LogP contribution in [0.1, 0.15) is 33.6 Å². The zero-order valence-corrected chi connectivity index (χ0v) is 14.6. The molecule has 3 amide bonds. The lowest BCUT2D eigenvalue weighted by molar-refractivity contribution is -0.145. The molecule has 7 nitrogen and oxygen atoms in total. The van der Waals surface area contributed by atoms with Gasteiger partial charge in [-0.15, -0.1) is 0 Å². The quantitative estimate of drug-likeness (QED) is 0.649. The van der Waals surface area contributed by atoms with Crippen molar-refractivity contribution in [1.29, 1.82) is 0 Å². The van der Waals surface area contributed by atoms with Crippen molar-refractivity contribution in [3.8, 4) is 0 Å². The molecule has 1 unspecified atom stereocenters. The zero-order valence-electron chi connectivity index (χ0n) is 14.6. The first-order valence-electron chi connectivity index (χ1n) is 7.44. The van der Waals surface area contributed by atoms with Gasteiger partial charge in [-0.2, -0.15) is 0 Å². The highest BCUT2D eigenvalue weighted by Gasteiger charge is 2.33. The summed E-state index contributed by atoms with van der Waals surface area (Å²) in [5, 5.41) is 2.80. The monoisotopic (exact) mass is 314 g/mol. The highest BCUT2D eigenvalue weighted by Crippen LogP contribution is 2.19. The van der Waals surface area contributed by atoms with Gasteiger partial charge in [-0.05, 0) is 20.5 Å². The first-order valence-corrected chi connectivity index (χ1v) is 7.44. The first kappa shape index (κ1) is 20.4. The molecule has 0 saturated heterocycles. The number of nitrogens with one attached hydrogen (secondary N) is 1. The van der Waals surface area contributed by atoms with E-state index in [-0.39, 0.29) is 24.7 Å². The fraction of sp³-hybridized carbons (Fsp3) is 0.800. The van der Waals surface area contributed by atoms with Gasteiger partial charge in [-0.1, -0.05) is 20.8 Å². The molecule has 0 fully saturated rings. The molecule has 1 atom stereocenters. The number of nitrogens with zero attached hydrogens (tertiary/aromatic N) is 2. The van der Waals surface area contributed by atoms with E-state index >= 15 is 0 Å². The van der Waals surface area contributed by atoms with Gasteiger partial charge >= 0.3 is 0 Å². The molecule has 0 bridgehead atoms. The van der Waals surface area contributed by atoms with Gasteiger partial charge in [0.2, 0.25) is 17.7 Å². The largest absolute Gasteiger partial charge is 0.370 e. The van der Waals surface area contributed by atoms with Crippen molar-refractivity contribution >= 4 is 17.7 Å². The molecule has 0 aromatic heterocycles. The molecule has 0 aromatic rings. The van der Waals surface area contributed by atoms with Gasteiger partial charge in [0.05, 0.1) is 0 Å². The van der Waals surface area contributed by atoms with Crippen LogP contribution >= 0.6 is 0 Å². The second-order valence-corrected chi connectivity index (χ2v) is 6.78. The average Bonchev–Trinajstić information content (AvgIpc) is 2.35. The molecule has 0 spiro atoms. The van der Waals surface area contributed by atoms with E-state index in [9.17, 15) is 14.4 Å². The number of nitrogens with two attached hydrogens (primary N) is 1. The van der Waals surface area contributed by atoms with Crippen LogP contribution in [0.5, 0.6) is 0 Å². The number of rotatable bonds is 8. The molecule has 0 aliphatic rings. The van der Waals surface area contributed by atoms with Crippen molar-refractivity contribution in [2.45, 2.75) is 39.7 Å². The Bertz CT molecular complexity index is 402. The fourth-order valence-electron chi connectivity index (χ4n) is 1.97. The minimum atomic E-state index is -0.693. The molecule has 128 valence electrons. The van der Waals surface area contributed by atoms with Crippen molar-refractivity contribution in [2.75, 3.05) is 34.2 Å². The van der Waals surface area contributed by atoms with E-state index in [0.29, 0.717) is 13.1 Å². The number of carbonyl (C=O) groups is 3. The van der Waals surface area contributed by atoms with Gasteiger partial charge in [0, 0.05) is 32.0 Å². The van der Waals surface area contributed by atoms with Crippen molar-refractivity contribution < 1.29 is 14.4 Å². The normalized spacial score (nSPS) is 12.9. The Labute approximate surface area is 133 Å². The number of hydrogen-bond acceptors (Lipinski definition) is 4. The van der Waals surface area contributed by atoms with Crippen molar-refractivity contribution in [3.05, 3.63) is 0 Å². The summed E-state index contributed by atoms with van der Waals surface area (Å²) < 4.78 is 0. The van der Waals surface area contributed by atoms with E-state index in [0.717, 1.165) is 0 Å². The van der Waals surface area contributed by atoms with Crippen LogP contribution in [0.25, 0.3) is 0 Å². The van der Waals surface area contributed by atoms with Gasteiger partial charge in [0.1, 0.15) is 6.04 Å². The zero-order chi connectivity index (χ0) is 17.5. The van der Waals surface area contributed by atoms with Gasteiger partial charge in [-0.3, -0.25) is 14.4 Å². The Morgan fingerprint density at radius 1 is 1.14 bits per heavy atom. The molecule has 0 aliphatic carbocycles. The summed E-state index contributed by atoms with van der Waals surface area (Å²) in [6.45, 7) is 6.56. The van der Waals surface area contributed by atoms with Crippen LogP contribution in [0.4, 0.5) is 0 Å². The van der Waals surface area contributed by atoms with Gasteiger partial charge in [0.25, 0.3) is 0 Å². The number of amides is 3. The lowest BCUT2D eigenvalue weighted by Crippen LogP contribution is -2.51. The summed E-state index contributed by atoms with van der Waals surface area (Å²) in [6.07, 6.45) is 0.287. The topological polar surface area (TPSA) is 95.7 Å². The van der Waals surface area contributed by atoms with Crippen LogP contribution < -0.4 is 11.1 Å². The maximum absolute atomic E-state index is 12.4. The predicted octanol–water partition coefficient (Wildman–Crippen LogP) is -0.197. The number of likely N-dealkylation sites (N-methyl/N-ethyl adjacent to an activating group) is 2. The predicted molar refractivity (Wildman–Crippen MR) is 86.0 cm³/mol. The molecule has 7 heteroatoms. The van der Waals surface area contributed by atoms with Gasteiger partial charge in [0.15, 0.2) is 0 Å². The summed E-state index contributed by atoms with van der Waals surface area (Å²) in [4.78, 5) is 39.1. The summed E-state index contributed by atoms with van der Waals surface area (Å²) >= 11 is 0. The van der Waals surface area contributed by atoms with Crippen LogP contribution in [0, 0.1) is 5.41 Å². The van der Waals surface area contributed by atoms with E-state index in [1.807, 2.05) is 19.0 Å². The smallest absolute Gasteiger partial charge is 0.242 e. The second kappa shape index (κ2) is 8.73. The number of hydrogen-bond donors (Lipinski definition) is 2. The molecular weight excluding hydrogens is 284 g/mol. The number of carbonyl (C=O) groups excluding carboxylic acids is 3. The third-order valence-corrected chi connectivity index (χ3v) is 3.25. The Hall–Kier alpha value is -1.63. The first-order chi connectivity index (χ1) is 9.96. The van der Waals surface area contributed by atoms with E-state index < -0.39 is 17.4 Å². The van der Waals surface area contributed by atoms with E-state index in [2.05, 4.69) is 5.32 Å². The molecule has 0 aliphatic heterocycles. The van der Waals surface area contributed by atoms with Crippen LogP contribution in [-0.2, 0) is 14.4 Å².